The van der Waals surface area contributed by atoms with E-state index in [1.165, 1.54) is 27.3 Å². The van der Waals surface area contributed by atoms with Gasteiger partial charge in [0.2, 0.25) is 0 Å². The molecule has 3 aromatic carbocycles. The average molecular weight is 517 g/mol. The van der Waals surface area contributed by atoms with Gasteiger partial charge in [0, 0.05) is 38.2 Å². The number of carboxylic acids is 1. The second kappa shape index (κ2) is 11.5. The van der Waals surface area contributed by atoms with Crippen LogP contribution in [0.4, 0.5) is 11.4 Å². The van der Waals surface area contributed by atoms with Gasteiger partial charge in [0.25, 0.3) is 0 Å². The van der Waals surface area contributed by atoms with E-state index < -0.39 is 5.97 Å². The summed E-state index contributed by atoms with van der Waals surface area (Å²) in [6, 6.07) is 16.5. The fourth-order valence-corrected chi connectivity index (χ4v) is 5.45. The van der Waals surface area contributed by atoms with Crippen molar-refractivity contribution >= 4 is 17.3 Å². The van der Waals surface area contributed by atoms with Gasteiger partial charge in [-0.3, -0.25) is 9.69 Å². The summed E-state index contributed by atoms with van der Waals surface area (Å²) in [7, 11) is 1.74. The fraction of sp³-hybridized carbons (Fsp3) is 0.387. The number of rotatable bonds is 8. The van der Waals surface area contributed by atoms with Crippen molar-refractivity contribution in [3.63, 3.8) is 0 Å². The molecule has 1 aliphatic rings. The van der Waals surface area contributed by atoms with Crippen molar-refractivity contribution < 1.29 is 14.6 Å². The number of nitrogens with two attached hydrogens (primary N) is 2. The van der Waals surface area contributed by atoms with Gasteiger partial charge in [-0.2, -0.15) is 0 Å². The Morgan fingerprint density at radius 1 is 1.16 bits per heavy atom. The van der Waals surface area contributed by atoms with Gasteiger partial charge < -0.3 is 20.6 Å². The Hall–Kier alpha value is -3.55. The van der Waals surface area contributed by atoms with Gasteiger partial charge in [0.05, 0.1) is 17.8 Å². The van der Waals surface area contributed by atoms with Crippen LogP contribution in [0.5, 0.6) is 5.75 Å². The third kappa shape index (κ3) is 5.79. The SMILES string of the molecule is CC[C@@H]1CN(Cc2cc(C(CC(=O)O)c3ccc(N(C)N)c(N)c3C)ccc2C)Cc2cccc(C)c2O1. The fourth-order valence-electron chi connectivity index (χ4n) is 5.45. The van der Waals surface area contributed by atoms with Gasteiger partial charge in [0.1, 0.15) is 11.9 Å². The van der Waals surface area contributed by atoms with Crippen LogP contribution in [0, 0.1) is 20.8 Å². The van der Waals surface area contributed by atoms with Crippen molar-refractivity contribution in [1.29, 1.82) is 0 Å². The maximum atomic E-state index is 12.0. The molecule has 38 heavy (non-hydrogen) atoms. The molecular weight excluding hydrogens is 476 g/mol. The summed E-state index contributed by atoms with van der Waals surface area (Å²) < 4.78 is 6.42. The molecule has 4 rings (SSSR count). The monoisotopic (exact) mass is 516 g/mol. The van der Waals surface area contributed by atoms with Crippen molar-refractivity contribution in [3.8, 4) is 5.75 Å². The maximum absolute atomic E-state index is 12.0. The van der Waals surface area contributed by atoms with E-state index in [0.717, 1.165) is 48.5 Å². The lowest BCUT2D eigenvalue weighted by molar-refractivity contribution is -0.137. The number of fused-ring (bicyclic) bond motifs is 1. The molecular formula is C31H40N4O3. The van der Waals surface area contributed by atoms with Crippen LogP contribution in [0.2, 0.25) is 0 Å². The molecule has 0 saturated carbocycles. The predicted octanol–water partition coefficient (Wildman–Crippen LogP) is 5.28. The highest BCUT2D eigenvalue weighted by Crippen LogP contribution is 2.37. The Balaban J connectivity index is 1.69. The first kappa shape index (κ1) is 27.5. The van der Waals surface area contributed by atoms with Crippen LogP contribution in [-0.2, 0) is 17.9 Å². The molecule has 202 valence electrons. The van der Waals surface area contributed by atoms with Crippen LogP contribution in [0.15, 0.2) is 48.5 Å². The minimum absolute atomic E-state index is 0.0251. The van der Waals surface area contributed by atoms with E-state index >= 15 is 0 Å². The molecule has 0 fully saturated rings. The molecule has 1 heterocycles. The van der Waals surface area contributed by atoms with Crippen molar-refractivity contribution in [3.05, 3.63) is 87.5 Å². The number of anilines is 2. The van der Waals surface area contributed by atoms with Gasteiger partial charge >= 0.3 is 5.97 Å². The predicted molar refractivity (Wildman–Crippen MR) is 153 cm³/mol. The van der Waals surface area contributed by atoms with Crippen molar-refractivity contribution in [2.24, 2.45) is 5.84 Å². The van der Waals surface area contributed by atoms with Crippen LogP contribution >= 0.6 is 0 Å². The molecule has 0 radical (unpaired) electrons. The Bertz CT molecular complexity index is 1320. The number of benzene rings is 3. The van der Waals surface area contributed by atoms with Crippen LogP contribution in [-0.4, -0.2) is 35.7 Å². The molecule has 2 atom stereocenters. The highest BCUT2D eigenvalue weighted by Gasteiger charge is 2.25. The van der Waals surface area contributed by atoms with Crippen molar-refractivity contribution in [1.82, 2.24) is 4.90 Å². The van der Waals surface area contributed by atoms with Gasteiger partial charge in [-0.25, -0.2) is 5.84 Å². The molecule has 0 saturated heterocycles. The van der Waals surface area contributed by atoms with Crippen LogP contribution in [0.25, 0.3) is 0 Å². The molecule has 1 unspecified atom stereocenters. The number of hydrogen-bond acceptors (Lipinski definition) is 6. The second-order valence-corrected chi connectivity index (χ2v) is 10.5. The molecule has 0 spiro atoms. The number of nitrogen functional groups attached to an aromatic ring is 1. The molecule has 0 bridgehead atoms. The minimum atomic E-state index is -0.849. The highest BCUT2D eigenvalue weighted by molar-refractivity contribution is 5.74. The number of para-hydroxylation sites is 1. The number of hydrazine groups is 1. The molecule has 7 nitrogen and oxygen atoms in total. The average Bonchev–Trinajstić information content (AvgIpc) is 3.05. The Kier molecular flexibility index (Phi) is 8.29. The molecule has 3 aromatic rings. The van der Waals surface area contributed by atoms with E-state index in [-0.39, 0.29) is 18.4 Å². The number of aryl methyl sites for hydroxylation is 2. The Labute approximate surface area is 226 Å². The third-order valence-electron chi connectivity index (χ3n) is 7.73. The number of aliphatic carboxylic acids is 1. The van der Waals surface area contributed by atoms with E-state index in [2.05, 4.69) is 56.0 Å². The van der Waals surface area contributed by atoms with Crippen LogP contribution in [0.1, 0.15) is 64.6 Å². The standard InChI is InChI=1S/C31H40N4O3/c1-6-25-18-35(16-23-9-7-8-20(3)31(23)38-25)17-24-14-22(11-10-19(24)2)27(15-29(36)37)26-12-13-28(34(5)33)30(32)21(26)4/h7-14,25,27H,6,15-18,32-33H2,1-5H3,(H,36,37)/t25-,27?/m1/s1. The molecule has 0 amide bonds. The summed E-state index contributed by atoms with van der Waals surface area (Å²) >= 11 is 0. The smallest absolute Gasteiger partial charge is 0.304 e. The maximum Gasteiger partial charge on any atom is 0.304 e. The van der Waals surface area contributed by atoms with E-state index in [9.17, 15) is 9.90 Å². The number of carboxylic acid groups (broad SMARTS) is 1. The van der Waals surface area contributed by atoms with Crippen LogP contribution < -0.4 is 21.3 Å². The summed E-state index contributed by atoms with van der Waals surface area (Å²) in [4.78, 5) is 14.4. The van der Waals surface area contributed by atoms with E-state index in [1.54, 1.807) is 7.05 Å². The zero-order chi connectivity index (χ0) is 27.6. The number of hydrogen-bond donors (Lipinski definition) is 3. The summed E-state index contributed by atoms with van der Waals surface area (Å²) in [5.74, 6) is 5.77. The van der Waals surface area contributed by atoms with Crippen molar-refractivity contribution in [2.75, 3.05) is 24.3 Å². The normalized spacial score (nSPS) is 16.3. The van der Waals surface area contributed by atoms with E-state index in [0.29, 0.717) is 11.4 Å². The zero-order valence-corrected chi connectivity index (χ0v) is 23.1. The topological polar surface area (TPSA) is 105 Å². The number of nitrogens with zero attached hydrogens (tertiary/aromatic N) is 2. The first-order valence-corrected chi connectivity index (χ1v) is 13.2. The molecule has 1 aliphatic heterocycles. The summed E-state index contributed by atoms with van der Waals surface area (Å²) in [6.07, 6.45) is 1.02. The van der Waals surface area contributed by atoms with Gasteiger partial charge in [-0.15, -0.1) is 0 Å². The van der Waals surface area contributed by atoms with Gasteiger partial charge in [-0.05, 0) is 66.6 Å². The summed E-state index contributed by atoms with van der Waals surface area (Å²) in [5, 5.41) is 11.3. The lowest BCUT2D eigenvalue weighted by atomic mass is 9.84. The third-order valence-corrected chi connectivity index (χ3v) is 7.73. The summed E-state index contributed by atoms with van der Waals surface area (Å²) in [5.41, 5.74) is 15.2. The minimum Gasteiger partial charge on any atom is -0.488 e. The quantitative estimate of drug-likeness (QED) is 0.212. The zero-order valence-electron chi connectivity index (χ0n) is 23.1. The molecule has 5 N–H and O–H groups in total. The summed E-state index contributed by atoms with van der Waals surface area (Å²) in [6.45, 7) is 10.7. The first-order valence-electron chi connectivity index (χ1n) is 13.2. The second-order valence-electron chi connectivity index (χ2n) is 10.5. The lowest BCUT2D eigenvalue weighted by Crippen LogP contribution is -2.32. The van der Waals surface area contributed by atoms with Crippen molar-refractivity contribution in [2.45, 2.75) is 65.6 Å². The Morgan fingerprint density at radius 3 is 2.61 bits per heavy atom. The lowest BCUT2D eigenvalue weighted by Gasteiger charge is -2.26. The molecule has 0 aromatic heterocycles. The molecule has 0 aliphatic carbocycles. The Morgan fingerprint density at radius 2 is 1.92 bits per heavy atom. The van der Waals surface area contributed by atoms with E-state index in [1.807, 2.05) is 25.1 Å². The largest absolute Gasteiger partial charge is 0.488 e. The number of ether oxygens (including phenoxy) is 1. The number of carbonyl (C=O) groups is 1. The van der Waals surface area contributed by atoms with E-state index in [4.69, 9.17) is 16.3 Å². The van der Waals surface area contributed by atoms with Crippen LogP contribution in [0.3, 0.4) is 0 Å². The highest BCUT2D eigenvalue weighted by atomic mass is 16.5. The molecule has 7 heteroatoms. The van der Waals surface area contributed by atoms with Gasteiger partial charge in [0.15, 0.2) is 0 Å². The van der Waals surface area contributed by atoms with Gasteiger partial charge in [-0.1, -0.05) is 49.4 Å². The first-order chi connectivity index (χ1) is 18.1.